The first-order valence-corrected chi connectivity index (χ1v) is 12.4. The van der Waals surface area contributed by atoms with Crippen LogP contribution in [-0.2, 0) is 0 Å². The van der Waals surface area contributed by atoms with E-state index in [9.17, 15) is 0 Å². The van der Waals surface area contributed by atoms with Gasteiger partial charge in [0.1, 0.15) is 0 Å². The maximum absolute atomic E-state index is 2.53. The van der Waals surface area contributed by atoms with E-state index in [2.05, 4.69) is 78.0 Å². The molecule has 148 valence electrons. The highest BCUT2D eigenvalue weighted by Crippen LogP contribution is 2.34. The average molecular weight is 389 g/mol. The van der Waals surface area contributed by atoms with Crippen LogP contribution < -0.4 is 5.19 Å². The molecule has 0 amide bonds. The molecule has 0 aliphatic heterocycles. The topological polar surface area (TPSA) is 0 Å². The molecule has 0 fully saturated rings. The molecule has 0 bridgehead atoms. The highest BCUT2D eigenvalue weighted by molar-refractivity contribution is 6.63. The van der Waals surface area contributed by atoms with Gasteiger partial charge in [-0.2, -0.15) is 0 Å². The van der Waals surface area contributed by atoms with Crippen molar-refractivity contribution in [2.75, 3.05) is 0 Å². The van der Waals surface area contributed by atoms with Gasteiger partial charge in [-0.05, 0) is 92.8 Å². The van der Waals surface area contributed by atoms with Crippen LogP contribution in [0.25, 0.3) is 5.57 Å². The van der Waals surface area contributed by atoms with Crippen LogP contribution in [0.3, 0.4) is 0 Å². The van der Waals surface area contributed by atoms with E-state index in [1.807, 2.05) is 0 Å². The van der Waals surface area contributed by atoms with Crippen molar-refractivity contribution in [3.63, 3.8) is 0 Å². The van der Waals surface area contributed by atoms with Gasteiger partial charge in [0.2, 0.25) is 0 Å². The molecule has 0 atom stereocenters. The average Bonchev–Trinajstić information content (AvgIpc) is 3.12. The van der Waals surface area contributed by atoms with Gasteiger partial charge in [0.15, 0.2) is 0 Å². The molecule has 0 spiro atoms. The summed E-state index contributed by atoms with van der Waals surface area (Å²) in [6, 6.07) is 11.1. The zero-order chi connectivity index (χ0) is 20.3. The van der Waals surface area contributed by atoms with Gasteiger partial charge in [-0.15, -0.1) is 0 Å². The Morgan fingerprint density at radius 3 is 2.00 bits per heavy atom. The van der Waals surface area contributed by atoms with Gasteiger partial charge in [0.05, 0.1) is 9.52 Å². The van der Waals surface area contributed by atoms with Crippen LogP contribution >= 0.6 is 0 Å². The fourth-order valence-corrected chi connectivity index (χ4v) is 7.04. The highest BCUT2D eigenvalue weighted by Gasteiger charge is 2.21. The normalized spacial score (nSPS) is 14.4. The lowest BCUT2D eigenvalue weighted by Gasteiger charge is -2.20. The van der Waals surface area contributed by atoms with E-state index in [0.29, 0.717) is 0 Å². The molecule has 28 heavy (non-hydrogen) atoms. The Hall–Kier alpha value is -1.86. The molecular formula is C27H36Si. The zero-order valence-electron chi connectivity index (χ0n) is 18.7. The predicted molar refractivity (Wildman–Crippen MR) is 129 cm³/mol. The summed E-state index contributed by atoms with van der Waals surface area (Å²) in [6.45, 7) is 13.9. The van der Waals surface area contributed by atoms with Crippen LogP contribution in [0.2, 0.25) is 0 Å². The van der Waals surface area contributed by atoms with E-state index < -0.39 is 9.52 Å². The Kier molecular flexibility index (Phi) is 6.77. The number of hydrogen-bond acceptors (Lipinski definition) is 0. The summed E-state index contributed by atoms with van der Waals surface area (Å²) >= 11 is 0. The van der Waals surface area contributed by atoms with Crippen LogP contribution in [0.1, 0.15) is 72.4 Å². The standard InChI is InChI=1S/C27H36Si/c1-7-8-10-13-23-16-25(24-14-11-9-12-15-24)26(17-23)28-27-21(5)19(3)18(2)20(4)22(27)6/h9,11-12,14-16H,7-8,10,13,17,28H2,1-6H3. The zero-order valence-corrected chi connectivity index (χ0v) is 20.1. The largest absolute Gasteiger partial charge is 0.0843 e. The molecule has 3 rings (SSSR count). The van der Waals surface area contributed by atoms with Crippen molar-refractivity contribution in [3.05, 3.63) is 80.6 Å². The van der Waals surface area contributed by atoms with Gasteiger partial charge in [0, 0.05) is 0 Å². The van der Waals surface area contributed by atoms with Gasteiger partial charge >= 0.3 is 0 Å². The van der Waals surface area contributed by atoms with Crippen LogP contribution in [0.15, 0.2) is 47.2 Å². The Morgan fingerprint density at radius 2 is 1.39 bits per heavy atom. The first kappa shape index (κ1) is 20.9. The molecule has 0 saturated carbocycles. The molecule has 0 radical (unpaired) electrons. The quantitative estimate of drug-likeness (QED) is 0.383. The smallest absolute Gasteiger partial charge is 0.0709 e. The molecule has 2 aromatic rings. The summed E-state index contributed by atoms with van der Waals surface area (Å²) in [7, 11) is -0.476. The highest BCUT2D eigenvalue weighted by atomic mass is 28.2. The predicted octanol–water partition coefficient (Wildman–Crippen LogP) is 6.34. The minimum Gasteiger partial charge on any atom is -0.0709 e. The Bertz CT molecular complexity index is 884. The molecule has 0 aromatic heterocycles. The summed E-state index contributed by atoms with van der Waals surface area (Å²) in [4.78, 5) is 0. The second kappa shape index (κ2) is 9.09. The van der Waals surface area contributed by atoms with Gasteiger partial charge in [-0.1, -0.05) is 72.1 Å². The SMILES string of the molecule is CCCCCC1=CC(c2ccccc2)=C([SiH2]c2c(C)c(C)c(C)c(C)c2C)C1. The van der Waals surface area contributed by atoms with Crippen LogP contribution in [-0.4, -0.2) is 9.52 Å². The van der Waals surface area contributed by atoms with Crippen molar-refractivity contribution in [1.82, 2.24) is 0 Å². The number of unbranched alkanes of at least 4 members (excludes halogenated alkanes) is 2. The minimum atomic E-state index is -0.476. The third-order valence-corrected chi connectivity index (χ3v) is 9.37. The lowest BCUT2D eigenvalue weighted by Crippen LogP contribution is -2.26. The van der Waals surface area contributed by atoms with E-state index in [-0.39, 0.29) is 0 Å². The van der Waals surface area contributed by atoms with Gasteiger partial charge < -0.3 is 0 Å². The van der Waals surface area contributed by atoms with Crippen LogP contribution in [0, 0.1) is 34.6 Å². The van der Waals surface area contributed by atoms with Crippen molar-refractivity contribution in [3.8, 4) is 0 Å². The first-order chi connectivity index (χ1) is 13.4. The molecule has 1 heteroatoms. The second-order valence-electron chi connectivity index (χ2n) is 8.60. The molecule has 0 N–H and O–H groups in total. The molecule has 0 unspecified atom stereocenters. The Labute approximate surface area is 174 Å². The number of rotatable bonds is 7. The molecule has 0 heterocycles. The maximum atomic E-state index is 2.53. The Morgan fingerprint density at radius 1 is 0.786 bits per heavy atom. The van der Waals surface area contributed by atoms with Crippen LogP contribution in [0.4, 0.5) is 0 Å². The van der Waals surface area contributed by atoms with E-state index in [1.54, 1.807) is 27.1 Å². The fraction of sp³-hybridized carbons (Fsp3) is 0.407. The third kappa shape index (κ3) is 4.25. The third-order valence-electron chi connectivity index (χ3n) is 6.90. The summed E-state index contributed by atoms with van der Waals surface area (Å²) in [6.07, 6.45) is 9.00. The number of hydrogen-bond donors (Lipinski definition) is 0. The molecular weight excluding hydrogens is 352 g/mol. The lowest BCUT2D eigenvalue weighted by atomic mass is 9.95. The monoisotopic (exact) mass is 388 g/mol. The lowest BCUT2D eigenvalue weighted by molar-refractivity contribution is 0.708. The molecule has 0 saturated heterocycles. The number of allylic oxidation sites excluding steroid dienone is 4. The van der Waals surface area contributed by atoms with Gasteiger partial charge in [-0.25, -0.2) is 0 Å². The number of benzene rings is 2. The molecule has 2 aromatic carbocycles. The van der Waals surface area contributed by atoms with Crippen molar-refractivity contribution in [2.45, 2.75) is 73.6 Å². The van der Waals surface area contributed by atoms with Crippen molar-refractivity contribution < 1.29 is 0 Å². The summed E-state index contributed by atoms with van der Waals surface area (Å²) in [5.41, 5.74) is 12.2. The van der Waals surface area contributed by atoms with Crippen molar-refractivity contribution >= 4 is 20.3 Å². The maximum Gasteiger partial charge on any atom is 0.0843 e. The summed E-state index contributed by atoms with van der Waals surface area (Å²) in [5, 5.41) is 3.43. The molecule has 1 aliphatic carbocycles. The Balaban J connectivity index is 1.98. The molecule has 1 aliphatic rings. The second-order valence-corrected chi connectivity index (χ2v) is 10.5. The first-order valence-electron chi connectivity index (χ1n) is 11.0. The van der Waals surface area contributed by atoms with Gasteiger partial charge in [0.25, 0.3) is 0 Å². The van der Waals surface area contributed by atoms with E-state index in [1.165, 1.54) is 59.9 Å². The summed E-state index contributed by atoms with van der Waals surface area (Å²) < 4.78 is 0. The van der Waals surface area contributed by atoms with E-state index >= 15 is 0 Å². The van der Waals surface area contributed by atoms with Crippen molar-refractivity contribution in [1.29, 1.82) is 0 Å². The van der Waals surface area contributed by atoms with Gasteiger partial charge in [-0.3, -0.25) is 0 Å². The minimum absolute atomic E-state index is 0.476. The fourth-order valence-electron chi connectivity index (χ4n) is 4.61. The van der Waals surface area contributed by atoms with E-state index in [4.69, 9.17) is 0 Å². The van der Waals surface area contributed by atoms with E-state index in [0.717, 1.165) is 0 Å². The van der Waals surface area contributed by atoms with Crippen molar-refractivity contribution in [2.24, 2.45) is 0 Å². The van der Waals surface area contributed by atoms with Crippen LogP contribution in [0.5, 0.6) is 0 Å². The molecule has 0 nitrogen and oxygen atoms in total. The summed E-state index contributed by atoms with van der Waals surface area (Å²) in [5.74, 6) is 0.